The van der Waals surface area contributed by atoms with Crippen LogP contribution in [0.15, 0.2) is 0 Å². The van der Waals surface area contributed by atoms with Crippen molar-refractivity contribution >= 4 is 12.9 Å². The third-order valence-corrected chi connectivity index (χ3v) is 4.05. The minimum atomic E-state index is 0.421. The molecule has 0 saturated heterocycles. The van der Waals surface area contributed by atoms with Gasteiger partial charge in [0.1, 0.15) is 0 Å². The van der Waals surface area contributed by atoms with Crippen LogP contribution < -0.4 is 0 Å². The summed E-state index contributed by atoms with van der Waals surface area (Å²) >= 11 is 0. The molecule has 0 amide bonds. The summed E-state index contributed by atoms with van der Waals surface area (Å²) in [5.41, 5.74) is 0. The standard InChI is InChI=1S/C11H19BO/c13-9-12(10-5-1-2-6-10)11-7-3-4-8-11/h9-11H,1-8H2. The van der Waals surface area contributed by atoms with E-state index in [1.165, 1.54) is 57.6 Å². The molecule has 2 aliphatic rings. The van der Waals surface area contributed by atoms with Crippen LogP contribution in [-0.2, 0) is 4.79 Å². The number of hydrogen-bond acceptors (Lipinski definition) is 1. The average Bonchev–Trinajstić information content (AvgIpc) is 2.76. The second-order valence-corrected chi connectivity index (χ2v) is 4.80. The van der Waals surface area contributed by atoms with Gasteiger partial charge < -0.3 is 4.79 Å². The Bertz CT molecular complexity index is 153. The molecule has 0 unspecified atom stereocenters. The van der Waals surface area contributed by atoms with Crippen molar-refractivity contribution in [3.8, 4) is 0 Å². The molecule has 13 heavy (non-hydrogen) atoms. The van der Waals surface area contributed by atoms with E-state index in [2.05, 4.69) is 0 Å². The predicted molar refractivity (Wildman–Crippen MR) is 56.9 cm³/mol. The molecule has 2 saturated carbocycles. The van der Waals surface area contributed by atoms with E-state index >= 15 is 0 Å². The summed E-state index contributed by atoms with van der Waals surface area (Å²) in [6.45, 7) is 0.421. The predicted octanol–water partition coefficient (Wildman–Crippen LogP) is 3.14. The van der Waals surface area contributed by atoms with E-state index in [0.29, 0.717) is 6.71 Å². The summed E-state index contributed by atoms with van der Waals surface area (Å²) in [5, 5.41) is 0. The molecule has 72 valence electrons. The highest BCUT2D eigenvalue weighted by molar-refractivity contribution is 6.86. The number of rotatable bonds is 3. The highest BCUT2D eigenvalue weighted by atomic mass is 16.1. The van der Waals surface area contributed by atoms with Crippen LogP contribution in [0.4, 0.5) is 0 Å². The van der Waals surface area contributed by atoms with Crippen molar-refractivity contribution in [2.75, 3.05) is 0 Å². The van der Waals surface area contributed by atoms with Crippen LogP contribution in [0.2, 0.25) is 11.6 Å². The molecule has 0 aromatic carbocycles. The fraction of sp³-hybridized carbons (Fsp3) is 0.909. The van der Waals surface area contributed by atoms with Gasteiger partial charge in [-0.2, -0.15) is 0 Å². The lowest BCUT2D eigenvalue weighted by Gasteiger charge is -2.19. The van der Waals surface area contributed by atoms with E-state index in [0.717, 1.165) is 11.6 Å². The van der Waals surface area contributed by atoms with Crippen molar-refractivity contribution in [2.24, 2.45) is 0 Å². The topological polar surface area (TPSA) is 17.1 Å². The number of hydrogen-bond donors (Lipinski definition) is 0. The van der Waals surface area contributed by atoms with Gasteiger partial charge in [-0.1, -0.05) is 63.0 Å². The first-order valence-electron chi connectivity index (χ1n) is 5.87. The maximum absolute atomic E-state index is 11.1. The van der Waals surface area contributed by atoms with Gasteiger partial charge in [0.15, 0.2) is 0 Å². The van der Waals surface area contributed by atoms with Crippen molar-refractivity contribution in [3.05, 3.63) is 0 Å². The Morgan fingerprint density at radius 2 is 1.23 bits per heavy atom. The van der Waals surface area contributed by atoms with Crippen molar-refractivity contribution in [2.45, 2.75) is 63.0 Å². The van der Waals surface area contributed by atoms with Gasteiger partial charge in [-0.15, -0.1) is 0 Å². The molecule has 2 fully saturated rings. The molecule has 0 aromatic heterocycles. The Hall–Kier alpha value is -0.265. The highest BCUT2D eigenvalue weighted by Crippen LogP contribution is 2.42. The summed E-state index contributed by atoms with van der Waals surface area (Å²) in [6, 6.07) is 0. The summed E-state index contributed by atoms with van der Waals surface area (Å²) in [4.78, 5) is 11.1. The van der Waals surface area contributed by atoms with Crippen molar-refractivity contribution in [1.29, 1.82) is 0 Å². The minimum absolute atomic E-state index is 0.421. The molecule has 0 spiro atoms. The van der Waals surface area contributed by atoms with Crippen LogP contribution in [0.5, 0.6) is 0 Å². The molecular weight excluding hydrogens is 159 g/mol. The SMILES string of the molecule is O=CB(C1CCCC1)C1CCCC1. The first-order valence-corrected chi connectivity index (χ1v) is 5.87. The molecule has 2 heteroatoms. The van der Waals surface area contributed by atoms with Crippen LogP contribution in [0.1, 0.15) is 51.4 Å². The van der Waals surface area contributed by atoms with Gasteiger partial charge in [0.25, 0.3) is 0 Å². The van der Waals surface area contributed by atoms with Gasteiger partial charge in [0, 0.05) is 0 Å². The van der Waals surface area contributed by atoms with Gasteiger partial charge in [-0.25, -0.2) is 0 Å². The third kappa shape index (κ3) is 1.97. The van der Waals surface area contributed by atoms with E-state index in [9.17, 15) is 4.79 Å². The second-order valence-electron chi connectivity index (χ2n) is 4.80. The maximum Gasteiger partial charge on any atom is 0.225 e. The summed E-state index contributed by atoms with van der Waals surface area (Å²) in [5.74, 6) is 1.50. The van der Waals surface area contributed by atoms with Gasteiger partial charge in [0.2, 0.25) is 6.71 Å². The molecule has 0 bridgehead atoms. The Labute approximate surface area is 81.4 Å². The lowest BCUT2D eigenvalue weighted by atomic mass is 9.34. The van der Waals surface area contributed by atoms with Crippen molar-refractivity contribution < 1.29 is 4.79 Å². The fourth-order valence-corrected chi connectivity index (χ4v) is 3.29. The van der Waals surface area contributed by atoms with E-state index in [1.54, 1.807) is 0 Å². The second kappa shape index (κ2) is 4.30. The Balaban J connectivity index is 1.94. The molecule has 0 aliphatic heterocycles. The first kappa shape index (κ1) is 9.30. The van der Waals surface area contributed by atoms with Gasteiger partial charge in [-0.3, -0.25) is 0 Å². The zero-order valence-electron chi connectivity index (χ0n) is 8.37. The largest absolute Gasteiger partial charge is 0.315 e. The summed E-state index contributed by atoms with van der Waals surface area (Å²) in [6.07, 6.45) is 12.0. The van der Waals surface area contributed by atoms with Crippen LogP contribution in [0.25, 0.3) is 0 Å². The molecule has 2 aliphatic carbocycles. The molecule has 0 radical (unpaired) electrons. The Morgan fingerprint density at radius 1 is 0.846 bits per heavy atom. The number of carbonyl (C=O) groups is 1. The fourth-order valence-electron chi connectivity index (χ4n) is 3.29. The molecule has 0 N–H and O–H groups in total. The quantitative estimate of drug-likeness (QED) is 0.479. The van der Waals surface area contributed by atoms with E-state index in [1.807, 2.05) is 0 Å². The summed E-state index contributed by atoms with van der Waals surface area (Å²) in [7, 11) is 0. The Kier molecular flexibility index (Phi) is 3.07. The van der Waals surface area contributed by atoms with Crippen LogP contribution >= 0.6 is 0 Å². The third-order valence-electron chi connectivity index (χ3n) is 4.05. The normalized spacial score (nSPS) is 25.2. The zero-order valence-corrected chi connectivity index (χ0v) is 8.37. The zero-order chi connectivity index (χ0) is 9.10. The molecule has 2 rings (SSSR count). The van der Waals surface area contributed by atoms with Gasteiger partial charge in [0.05, 0.1) is 6.19 Å². The molecule has 0 heterocycles. The summed E-state index contributed by atoms with van der Waals surface area (Å²) < 4.78 is 0. The lowest BCUT2D eigenvalue weighted by Crippen LogP contribution is -2.26. The number of carbonyl (C=O) groups excluding carboxylic acids is 1. The van der Waals surface area contributed by atoms with E-state index in [4.69, 9.17) is 0 Å². The highest BCUT2D eigenvalue weighted by Gasteiger charge is 2.35. The minimum Gasteiger partial charge on any atom is -0.315 e. The first-order chi connectivity index (χ1) is 6.42. The lowest BCUT2D eigenvalue weighted by molar-refractivity contribution is 0.565. The van der Waals surface area contributed by atoms with Crippen LogP contribution in [0, 0.1) is 0 Å². The van der Waals surface area contributed by atoms with Crippen molar-refractivity contribution in [1.82, 2.24) is 0 Å². The van der Waals surface area contributed by atoms with Gasteiger partial charge >= 0.3 is 0 Å². The van der Waals surface area contributed by atoms with Crippen LogP contribution in [-0.4, -0.2) is 12.9 Å². The molecule has 1 nitrogen and oxygen atoms in total. The van der Waals surface area contributed by atoms with Crippen molar-refractivity contribution in [3.63, 3.8) is 0 Å². The van der Waals surface area contributed by atoms with E-state index < -0.39 is 0 Å². The molecule has 0 aromatic rings. The molecular formula is C11H19BO. The Morgan fingerprint density at radius 3 is 1.54 bits per heavy atom. The monoisotopic (exact) mass is 178 g/mol. The van der Waals surface area contributed by atoms with Gasteiger partial charge in [-0.05, 0) is 0 Å². The van der Waals surface area contributed by atoms with Crippen LogP contribution in [0.3, 0.4) is 0 Å². The average molecular weight is 178 g/mol. The smallest absolute Gasteiger partial charge is 0.225 e. The molecule has 0 atom stereocenters. The van der Waals surface area contributed by atoms with E-state index in [-0.39, 0.29) is 0 Å². The maximum atomic E-state index is 11.1.